The lowest BCUT2D eigenvalue weighted by Gasteiger charge is -2.11. The highest BCUT2D eigenvalue weighted by atomic mass is 79.9. The van der Waals surface area contributed by atoms with Crippen molar-refractivity contribution in [3.8, 4) is 5.75 Å². The summed E-state index contributed by atoms with van der Waals surface area (Å²) in [5, 5.41) is 3.24. The molecule has 0 aliphatic carbocycles. The van der Waals surface area contributed by atoms with Crippen molar-refractivity contribution in [2.45, 2.75) is 26.0 Å². The predicted octanol–water partition coefficient (Wildman–Crippen LogP) is 3.57. The standard InChI is InChI=1S/C16H19BrN2O/c1-12(18-2)9-13-3-7-16(8-4-13)20-11-15-6-5-14(17)10-19-15/h3-8,10,12,18H,9,11H2,1-2H3. The van der Waals surface area contributed by atoms with Crippen LogP contribution in [0, 0.1) is 0 Å². The van der Waals surface area contributed by atoms with E-state index in [1.807, 2.05) is 31.3 Å². The van der Waals surface area contributed by atoms with Gasteiger partial charge in [-0.1, -0.05) is 12.1 Å². The van der Waals surface area contributed by atoms with Crippen molar-refractivity contribution in [2.75, 3.05) is 7.05 Å². The van der Waals surface area contributed by atoms with Gasteiger partial charge in [-0.15, -0.1) is 0 Å². The molecule has 20 heavy (non-hydrogen) atoms. The molecule has 0 aliphatic rings. The molecule has 1 N–H and O–H groups in total. The fourth-order valence-electron chi connectivity index (χ4n) is 1.83. The molecule has 2 rings (SSSR count). The van der Waals surface area contributed by atoms with E-state index in [-0.39, 0.29) is 0 Å². The van der Waals surface area contributed by atoms with Crippen LogP contribution in [0.2, 0.25) is 0 Å². The average Bonchev–Trinajstić information content (AvgIpc) is 2.48. The summed E-state index contributed by atoms with van der Waals surface area (Å²) in [6, 6.07) is 12.6. The van der Waals surface area contributed by atoms with Gasteiger partial charge < -0.3 is 10.1 Å². The third-order valence-corrected chi connectivity index (χ3v) is 3.60. The van der Waals surface area contributed by atoms with Crippen molar-refractivity contribution in [3.63, 3.8) is 0 Å². The molecule has 1 aromatic heterocycles. The normalized spacial score (nSPS) is 12.2. The number of ether oxygens (including phenoxy) is 1. The van der Waals surface area contributed by atoms with E-state index >= 15 is 0 Å². The second kappa shape index (κ2) is 7.41. The summed E-state index contributed by atoms with van der Waals surface area (Å²) in [6.45, 7) is 2.66. The number of pyridine rings is 1. The average molecular weight is 335 g/mol. The SMILES string of the molecule is CNC(C)Cc1ccc(OCc2ccc(Br)cn2)cc1. The monoisotopic (exact) mass is 334 g/mol. The third-order valence-electron chi connectivity index (χ3n) is 3.13. The second-order valence-corrected chi connectivity index (χ2v) is 5.71. The summed E-state index contributed by atoms with van der Waals surface area (Å²) in [6.07, 6.45) is 2.80. The Kier molecular flexibility index (Phi) is 5.56. The van der Waals surface area contributed by atoms with Crippen LogP contribution in [0.15, 0.2) is 47.1 Å². The Hall–Kier alpha value is -1.39. The van der Waals surface area contributed by atoms with Crippen LogP contribution in [0.5, 0.6) is 5.75 Å². The number of nitrogens with zero attached hydrogens (tertiary/aromatic N) is 1. The summed E-state index contributed by atoms with van der Waals surface area (Å²) in [5.41, 5.74) is 2.22. The molecule has 1 unspecified atom stereocenters. The van der Waals surface area contributed by atoms with E-state index in [9.17, 15) is 0 Å². The topological polar surface area (TPSA) is 34.1 Å². The summed E-state index contributed by atoms with van der Waals surface area (Å²) in [4.78, 5) is 4.28. The lowest BCUT2D eigenvalue weighted by molar-refractivity contribution is 0.301. The minimum atomic E-state index is 0.480. The number of hydrogen-bond acceptors (Lipinski definition) is 3. The highest BCUT2D eigenvalue weighted by molar-refractivity contribution is 9.10. The number of nitrogens with one attached hydrogen (secondary N) is 1. The first-order valence-electron chi connectivity index (χ1n) is 6.67. The lowest BCUT2D eigenvalue weighted by atomic mass is 10.1. The van der Waals surface area contributed by atoms with Crippen LogP contribution in [-0.4, -0.2) is 18.1 Å². The fraction of sp³-hybridized carbons (Fsp3) is 0.312. The molecule has 1 heterocycles. The number of halogens is 1. The molecule has 2 aromatic rings. The molecule has 1 atom stereocenters. The minimum absolute atomic E-state index is 0.480. The van der Waals surface area contributed by atoms with Gasteiger partial charge in [-0.25, -0.2) is 0 Å². The molecule has 0 radical (unpaired) electrons. The van der Waals surface area contributed by atoms with Gasteiger partial charge in [-0.2, -0.15) is 0 Å². The molecule has 0 amide bonds. The Labute approximate surface area is 128 Å². The number of likely N-dealkylation sites (N-methyl/N-ethyl adjacent to an activating group) is 1. The molecule has 0 bridgehead atoms. The molecular weight excluding hydrogens is 316 g/mol. The van der Waals surface area contributed by atoms with Gasteiger partial charge in [0, 0.05) is 16.7 Å². The smallest absolute Gasteiger partial charge is 0.130 e. The lowest BCUT2D eigenvalue weighted by Crippen LogP contribution is -2.23. The van der Waals surface area contributed by atoms with E-state index < -0.39 is 0 Å². The molecule has 4 heteroatoms. The summed E-state index contributed by atoms with van der Waals surface area (Å²) in [5.74, 6) is 0.871. The Bertz CT molecular complexity index is 525. The van der Waals surface area contributed by atoms with Crippen molar-refractivity contribution in [1.82, 2.24) is 10.3 Å². The van der Waals surface area contributed by atoms with Crippen LogP contribution in [0.1, 0.15) is 18.2 Å². The third kappa shape index (κ3) is 4.62. The van der Waals surface area contributed by atoms with Gasteiger partial charge in [0.25, 0.3) is 0 Å². The van der Waals surface area contributed by atoms with Gasteiger partial charge in [0.2, 0.25) is 0 Å². The van der Waals surface area contributed by atoms with Crippen LogP contribution in [0.3, 0.4) is 0 Å². The number of rotatable bonds is 6. The highest BCUT2D eigenvalue weighted by Crippen LogP contribution is 2.15. The van der Waals surface area contributed by atoms with Gasteiger partial charge in [0.05, 0.1) is 5.69 Å². The first-order valence-corrected chi connectivity index (χ1v) is 7.46. The molecule has 0 saturated carbocycles. The Morgan fingerprint density at radius 1 is 1.20 bits per heavy atom. The second-order valence-electron chi connectivity index (χ2n) is 4.79. The minimum Gasteiger partial charge on any atom is -0.487 e. The summed E-state index contributed by atoms with van der Waals surface area (Å²) < 4.78 is 6.70. The zero-order chi connectivity index (χ0) is 14.4. The van der Waals surface area contributed by atoms with Crippen molar-refractivity contribution in [1.29, 1.82) is 0 Å². The van der Waals surface area contributed by atoms with E-state index in [1.165, 1.54) is 5.56 Å². The highest BCUT2D eigenvalue weighted by Gasteiger charge is 2.02. The van der Waals surface area contributed by atoms with Crippen molar-refractivity contribution >= 4 is 15.9 Å². The van der Waals surface area contributed by atoms with Crippen LogP contribution < -0.4 is 10.1 Å². The fourth-order valence-corrected chi connectivity index (χ4v) is 2.06. The van der Waals surface area contributed by atoms with E-state index in [0.717, 1.165) is 22.3 Å². The van der Waals surface area contributed by atoms with Gasteiger partial charge in [0.1, 0.15) is 12.4 Å². The zero-order valence-electron chi connectivity index (χ0n) is 11.8. The first-order chi connectivity index (χ1) is 9.67. The van der Waals surface area contributed by atoms with Crippen molar-refractivity contribution in [2.24, 2.45) is 0 Å². The molecule has 0 spiro atoms. The van der Waals surface area contributed by atoms with Crippen LogP contribution in [0.25, 0.3) is 0 Å². The van der Waals surface area contributed by atoms with Crippen molar-refractivity contribution in [3.05, 3.63) is 58.3 Å². The largest absolute Gasteiger partial charge is 0.487 e. The van der Waals surface area contributed by atoms with Gasteiger partial charge >= 0.3 is 0 Å². The molecule has 106 valence electrons. The van der Waals surface area contributed by atoms with E-state index in [4.69, 9.17) is 4.74 Å². The molecule has 1 aromatic carbocycles. The Morgan fingerprint density at radius 2 is 1.95 bits per heavy atom. The predicted molar refractivity (Wildman–Crippen MR) is 84.9 cm³/mol. The van der Waals surface area contributed by atoms with Gasteiger partial charge in [-0.3, -0.25) is 4.98 Å². The molecule has 3 nitrogen and oxygen atoms in total. The maximum atomic E-state index is 5.72. The Balaban J connectivity index is 1.89. The zero-order valence-corrected chi connectivity index (χ0v) is 13.4. The van der Waals surface area contributed by atoms with Crippen LogP contribution >= 0.6 is 15.9 Å². The molecule has 0 saturated heterocycles. The maximum Gasteiger partial charge on any atom is 0.130 e. The van der Waals surface area contributed by atoms with Gasteiger partial charge in [0.15, 0.2) is 0 Å². The maximum absolute atomic E-state index is 5.72. The number of aromatic nitrogens is 1. The molecule has 0 fully saturated rings. The number of hydrogen-bond donors (Lipinski definition) is 1. The Morgan fingerprint density at radius 3 is 2.55 bits per heavy atom. The first kappa shape index (κ1) is 15.0. The van der Waals surface area contributed by atoms with E-state index in [2.05, 4.69) is 45.3 Å². The van der Waals surface area contributed by atoms with Crippen LogP contribution in [-0.2, 0) is 13.0 Å². The molecule has 0 aliphatic heterocycles. The summed E-state index contributed by atoms with van der Waals surface area (Å²) in [7, 11) is 1.98. The van der Waals surface area contributed by atoms with Gasteiger partial charge in [-0.05, 0) is 66.2 Å². The quantitative estimate of drug-likeness (QED) is 0.876. The van der Waals surface area contributed by atoms with Crippen LogP contribution in [0.4, 0.5) is 0 Å². The number of benzene rings is 1. The summed E-state index contributed by atoms with van der Waals surface area (Å²) >= 11 is 3.37. The van der Waals surface area contributed by atoms with E-state index in [1.54, 1.807) is 6.20 Å². The molecular formula is C16H19BrN2O. The van der Waals surface area contributed by atoms with Crippen molar-refractivity contribution < 1.29 is 4.74 Å². The van der Waals surface area contributed by atoms with E-state index in [0.29, 0.717) is 12.6 Å².